The summed E-state index contributed by atoms with van der Waals surface area (Å²) in [5, 5.41) is 5.10. The van der Waals surface area contributed by atoms with E-state index >= 15 is 0 Å². The van der Waals surface area contributed by atoms with Crippen LogP contribution in [0.15, 0.2) is 18.2 Å². The van der Waals surface area contributed by atoms with Crippen LogP contribution in [0.5, 0.6) is 0 Å². The van der Waals surface area contributed by atoms with Gasteiger partial charge in [0.1, 0.15) is 0 Å². The van der Waals surface area contributed by atoms with Gasteiger partial charge in [0, 0.05) is 0 Å². The molecule has 0 aliphatic heterocycles. The summed E-state index contributed by atoms with van der Waals surface area (Å²) in [4.78, 5) is 0. The molecule has 0 bridgehead atoms. The Morgan fingerprint density at radius 1 is 1.38 bits per heavy atom. The maximum absolute atomic E-state index is 10.6. The lowest BCUT2D eigenvalue weighted by atomic mass is 10.3. The van der Waals surface area contributed by atoms with Crippen LogP contribution in [0.2, 0.25) is 5.02 Å². The zero-order chi connectivity index (χ0) is 10.1. The van der Waals surface area contributed by atoms with Crippen molar-refractivity contribution in [1.29, 1.82) is 0 Å². The highest BCUT2D eigenvalue weighted by Gasteiger charge is 2.03. The first-order chi connectivity index (χ1) is 5.88. The molecule has 1 aromatic rings. The van der Waals surface area contributed by atoms with Crippen LogP contribution in [0.3, 0.4) is 0 Å². The van der Waals surface area contributed by atoms with Crippen LogP contribution in [0.1, 0.15) is 0 Å². The first-order valence-corrected chi connectivity index (χ1v) is 5.16. The second-order valence-corrected chi connectivity index (χ2v) is 4.08. The molecule has 0 saturated heterocycles. The Balaban J connectivity index is 2.99. The van der Waals surface area contributed by atoms with Gasteiger partial charge in [0.15, 0.2) is 0 Å². The zero-order valence-corrected chi connectivity index (χ0v) is 8.06. The van der Waals surface area contributed by atoms with E-state index in [-0.39, 0.29) is 11.4 Å². The Labute approximate surface area is 80.9 Å². The summed E-state index contributed by atoms with van der Waals surface area (Å²) in [5.41, 5.74) is 6.00. The quantitative estimate of drug-likeness (QED) is 0.636. The Bertz CT molecular complexity index is 418. The van der Waals surface area contributed by atoms with Gasteiger partial charge in [0.05, 0.1) is 16.4 Å². The number of hydrogen-bond donors (Lipinski definition) is 3. The number of halogens is 1. The molecule has 0 spiro atoms. The predicted octanol–water partition coefficient (Wildman–Crippen LogP) is 0.538. The lowest BCUT2D eigenvalue weighted by Crippen LogP contribution is -2.21. The summed E-state index contributed by atoms with van der Waals surface area (Å²) in [6.07, 6.45) is 0. The second-order valence-electron chi connectivity index (χ2n) is 2.38. The van der Waals surface area contributed by atoms with Crippen LogP contribution >= 0.6 is 11.6 Å². The SMILES string of the molecule is Nc1cc(NS(N)(=O)=O)ccc1Cl. The van der Waals surface area contributed by atoms with Gasteiger partial charge in [0.2, 0.25) is 0 Å². The van der Waals surface area contributed by atoms with Crippen molar-refractivity contribution >= 4 is 33.2 Å². The molecule has 1 aromatic carbocycles. The average Bonchev–Trinajstić information content (AvgIpc) is 1.94. The molecule has 5 nitrogen and oxygen atoms in total. The van der Waals surface area contributed by atoms with Gasteiger partial charge in [-0.05, 0) is 18.2 Å². The molecule has 0 unspecified atom stereocenters. The van der Waals surface area contributed by atoms with Gasteiger partial charge in [0.25, 0.3) is 10.2 Å². The number of benzene rings is 1. The number of rotatable bonds is 2. The largest absolute Gasteiger partial charge is 0.397 e. The van der Waals surface area contributed by atoms with Crippen LogP contribution in [-0.4, -0.2) is 8.42 Å². The summed E-state index contributed by atoms with van der Waals surface area (Å²) in [6, 6.07) is 4.32. The van der Waals surface area contributed by atoms with Crippen molar-refractivity contribution in [2.45, 2.75) is 0 Å². The summed E-state index contributed by atoms with van der Waals surface area (Å²) >= 11 is 5.62. The molecule has 0 aromatic heterocycles. The van der Waals surface area contributed by atoms with E-state index in [4.69, 9.17) is 22.5 Å². The minimum Gasteiger partial charge on any atom is -0.397 e. The molecule has 0 saturated carbocycles. The van der Waals surface area contributed by atoms with Gasteiger partial charge >= 0.3 is 0 Å². The Kier molecular flexibility index (Phi) is 2.65. The van der Waals surface area contributed by atoms with Crippen LogP contribution in [0.4, 0.5) is 11.4 Å². The van der Waals surface area contributed by atoms with Crippen molar-refractivity contribution in [3.8, 4) is 0 Å². The monoisotopic (exact) mass is 221 g/mol. The summed E-state index contributed by atoms with van der Waals surface area (Å²) in [7, 11) is -3.76. The van der Waals surface area contributed by atoms with Crippen molar-refractivity contribution < 1.29 is 8.42 Å². The third-order valence-electron chi connectivity index (χ3n) is 1.26. The molecule has 72 valence electrons. The van der Waals surface area contributed by atoms with Gasteiger partial charge in [-0.2, -0.15) is 8.42 Å². The fourth-order valence-electron chi connectivity index (χ4n) is 0.772. The molecule has 0 radical (unpaired) electrons. The molecular weight excluding hydrogens is 214 g/mol. The van der Waals surface area contributed by atoms with Crippen LogP contribution in [0.25, 0.3) is 0 Å². The number of nitrogen functional groups attached to an aromatic ring is 1. The molecule has 0 heterocycles. The smallest absolute Gasteiger partial charge is 0.296 e. The average molecular weight is 222 g/mol. The third kappa shape index (κ3) is 3.10. The molecule has 0 amide bonds. The first kappa shape index (κ1) is 10.1. The molecule has 13 heavy (non-hydrogen) atoms. The molecule has 0 aliphatic rings. The Hall–Kier alpha value is -0.980. The summed E-state index contributed by atoms with van der Waals surface area (Å²) in [6.45, 7) is 0. The minimum atomic E-state index is -3.76. The fourth-order valence-corrected chi connectivity index (χ4v) is 1.34. The van der Waals surface area contributed by atoms with Crippen LogP contribution < -0.4 is 15.6 Å². The molecule has 5 N–H and O–H groups in total. The lowest BCUT2D eigenvalue weighted by Gasteiger charge is -2.04. The minimum absolute atomic E-state index is 0.282. The fraction of sp³-hybridized carbons (Fsp3) is 0. The van der Waals surface area contributed by atoms with Crippen LogP contribution in [0, 0.1) is 0 Å². The van der Waals surface area contributed by atoms with Gasteiger partial charge in [-0.3, -0.25) is 4.72 Å². The van der Waals surface area contributed by atoms with E-state index in [1.165, 1.54) is 18.2 Å². The highest BCUT2D eigenvalue weighted by molar-refractivity contribution is 7.90. The Morgan fingerprint density at radius 3 is 2.46 bits per heavy atom. The van der Waals surface area contributed by atoms with E-state index < -0.39 is 10.2 Å². The van der Waals surface area contributed by atoms with Crippen molar-refractivity contribution in [1.82, 2.24) is 0 Å². The maximum atomic E-state index is 10.6. The first-order valence-electron chi connectivity index (χ1n) is 3.24. The second kappa shape index (κ2) is 3.41. The van der Waals surface area contributed by atoms with Crippen molar-refractivity contribution in [3.05, 3.63) is 23.2 Å². The highest BCUT2D eigenvalue weighted by Crippen LogP contribution is 2.22. The van der Waals surface area contributed by atoms with E-state index in [1.807, 2.05) is 0 Å². The number of nitrogens with two attached hydrogens (primary N) is 2. The molecular formula is C6H8ClN3O2S. The third-order valence-corrected chi connectivity index (χ3v) is 2.12. The number of nitrogens with one attached hydrogen (secondary N) is 1. The zero-order valence-electron chi connectivity index (χ0n) is 6.49. The lowest BCUT2D eigenvalue weighted by molar-refractivity contribution is 0.603. The standard InChI is InChI=1S/C6H8ClN3O2S/c7-5-2-1-4(3-6(5)8)10-13(9,11)12/h1-3,10H,8H2,(H2,9,11,12). The van der Waals surface area contributed by atoms with Crippen molar-refractivity contribution in [2.75, 3.05) is 10.5 Å². The Morgan fingerprint density at radius 2 is 2.00 bits per heavy atom. The van der Waals surface area contributed by atoms with Crippen molar-refractivity contribution in [2.24, 2.45) is 5.14 Å². The summed E-state index contributed by atoms with van der Waals surface area (Å²) in [5.74, 6) is 0. The van der Waals surface area contributed by atoms with E-state index in [0.717, 1.165) is 0 Å². The molecule has 1 rings (SSSR count). The van der Waals surface area contributed by atoms with Gasteiger partial charge in [-0.15, -0.1) is 0 Å². The normalized spacial score (nSPS) is 11.2. The van der Waals surface area contributed by atoms with Gasteiger partial charge in [-0.25, -0.2) is 5.14 Å². The maximum Gasteiger partial charge on any atom is 0.296 e. The number of hydrogen-bond acceptors (Lipinski definition) is 3. The van der Waals surface area contributed by atoms with E-state index in [1.54, 1.807) is 0 Å². The van der Waals surface area contributed by atoms with E-state index in [2.05, 4.69) is 4.72 Å². The van der Waals surface area contributed by atoms with E-state index in [9.17, 15) is 8.42 Å². The van der Waals surface area contributed by atoms with Crippen molar-refractivity contribution in [3.63, 3.8) is 0 Å². The van der Waals surface area contributed by atoms with Gasteiger partial charge in [-0.1, -0.05) is 11.6 Å². The number of anilines is 2. The molecule has 7 heteroatoms. The highest BCUT2D eigenvalue weighted by atomic mass is 35.5. The van der Waals surface area contributed by atoms with Gasteiger partial charge < -0.3 is 5.73 Å². The summed E-state index contributed by atoms with van der Waals surface area (Å²) < 4.78 is 23.2. The van der Waals surface area contributed by atoms with E-state index in [0.29, 0.717) is 5.02 Å². The molecule has 0 aliphatic carbocycles. The predicted molar refractivity (Wildman–Crippen MR) is 52.6 cm³/mol. The topological polar surface area (TPSA) is 98.2 Å². The molecule has 0 atom stereocenters. The van der Waals surface area contributed by atoms with Crippen LogP contribution in [-0.2, 0) is 10.2 Å². The molecule has 0 fully saturated rings.